The molecule has 0 radical (unpaired) electrons. The number of amides is 1. The molecule has 0 saturated heterocycles. The fourth-order valence-corrected chi connectivity index (χ4v) is 2.12. The normalized spacial score (nSPS) is 13.0. The summed E-state index contributed by atoms with van der Waals surface area (Å²) in [4.78, 5) is 15.5. The summed E-state index contributed by atoms with van der Waals surface area (Å²) in [5.74, 6) is 0.788. The number of rotatable bonds is 3. The fourth-order valence-electron chi connectivity index (χ4n) is 2.12. The lowest BCUT2D eigenvalue weighted by atomic mass is 10.1. The molecule has 0 unspecified atom stereocenters. The van der Waals surface area contributed by atoms with E-state index >= 15 is 0 Å². The van der Waals surface area contributed by atoms with E-state index in [1.165, 1.54) is 0 Å². The van der Waals surface area contributed by atoms with Gasteiger partial charge in [-0.2, -0.15) is 0 Å². The van der Waals surface area contributed by atoms with Crippen LogP contribution in [-0.2, 0) is 17.8 Å². The molecule has 2 aromatic rings. The Morgan fingerprint density at radius 3 is 3.05 bits per heavy atom. The summed E-state index contributed by atoms with van der Waals surface area (Å²) in [5, 5.41) is 6.03. The molecule has 5 heteroatoms. The number of carbonyl (C=O) groups excluding carboxylic acids is 1. The molecule has 2 heterocycles. The maximum absolute atomic E-state index is 11.3. The summed E-state index contributed by atoms with van der Waals surface area (Å²) >= 11 is 0. The van der Waals surface area contributed by atoms with Gasteiger partial charge in [-0.1, -0.05) is 0 Å². The highest BCUT2D eigenvalue weighted by molar-refractivity contribution is 5.99. The van der Waals surface area contributed by atoms with E-state index in [9.17, 15) is 4.79 Å². The average molecular weight is 254 g/mol. The number of aromatic nitrogens is 1. The molecular weight excluding hydrogens is 240 g/mol. The van der Waals surface area contributed by atoms with Crippen LogP contribution in [0, 0.1) is 0 Å². The van der Waals surface area contributed by atoms with E-state index < -0.39 is 0 Å². The van der Waals surface area contributed by atoms with E-state index in [1.807, 2.05) is 30.3 Å². The third-order valence-electron chi connectivity index (χ3n) is 3.06. The number of pyridine rings is 1. The second kappa shape index (κ2) is 4.70. The number of anilines is 3. The van der Waals surface area contributed by atoms with Crippen molar-refractivity contribution < 1.29 is 4.79 Å². The van der Waals surface area contributed by atoms with Crippen molar-refractivity contribution >= 4 is 23.1 Å². The van der Waals surface area contributed by atoms with Gasteiger partial charge in [0.2, 0.25) is 5.91 Å². The number of hydrogen-bond donors (Lipinski definition) is 3. The summed E-state index contributed by atoms with van der Waals surface area (Å²) < 4.78 is 0. The van der Waals surface area contributed by atoms with Gasteiger partial charge in [0.15, 0.2) is 0 Å². The maximum atomic E-state index is 11.3. The Hall–Kier alpha value is -2.40. The molecular formula is C14H14N4O. The number of hydrogen-bond acceptors (Lipinski definition) is 4. The zero-order valence-electron chi connectivity index (χ0n) is 10.3. The molecule has 1 aliphatic rings. The first-order valence-electron chi connectivity index (χ1n) is 6.09. The molecule has 0 fully saturated rings. The monoisotopic (exact) mass is 254 g/mol. The first kappa shape index (κ1) is 11.7. The molecule has 0 atom stereocenters. The Morgan fingerprint density at radius 2 is 2.21 bits per heavy atom. The van der Waals surface area contributed by atoms with Crippen molar-refractivity contribution in [2.75, 3.05) is 10.6 Å². The summed E-state index contributed by atoms with van der Waals surface area (Å²) in [6, 6.07) is 9.58. The molecule has 1 aromatic carbocycles. The van der Waals surface area contributed by atoms with Crippen LogP contribution in [0.2, 0.25) is 0 Å². The van der Waals surface area contributed by atoms with Crippen molar-refractivity contribution in [1.29, 1.82) is 0 Å². The Labute approximate surface area is 110 Å². The van der Waals surface area contributed by atoms with Crippen LogP contribution in [0.15, 0.2) is 36.5 Å². The van der Waals surface area contributed by atoms with Crippen LogP contribution in [-0.4, -0.2) is 10.9 Å². The molecule has 19 heavy (non-hydrogen) atoms. The topological polar surface area (TPSA) is 80.0 Å². The Bertz CT molecular complexity index is 639. The minimum atomic E-state index is 0.0374. The molecule has 0 spiro atoms. The standard InChI is InChI=1S/C14H14N4O/c15-8-9-3-4-16-13(5-9)17-11-1-2-12-10(6-11)7-14(19)18-12/h1-6H,7-8,15H2,(H,16,17)(H,18,19). The van der Waals surface area contributed by atoms with E-state index in [-0.39, 0.29) is 5.91 Å². The van der Waals surface area contributed by atoms with E-state index in [1.54, 1.807) is 6.20 Å². The van der Waals surface area contributed by atoms with Crippen molar-refractivity contribution in [3.05, 3.63) is 47.7 Å². The second-order valence-electron chi connectivity index (χ2n) is 4.48. The summed E-state index contributed by atoms with van der Waals surface area (Å²) in [6.45, 7) is 0.486. The minimum Gasteiger partial charge on any atom is -0.340 e. The second-order valence-corrected chi connectivity index (χ2v) is 4.48. The molecule has 0 aliphatic carbocycles. The zero-order chi connectivity index (χ0) is 13.2. The molecule has 0 saturated carbocycles. The van der Waals surface area contributed by atoms with Crippen LogP contribution in [0.5, 0.6) is 0 Å². The Morgan fingerprint density at radius 1 is 1.32 bits per heavy atom. The van der Waals surface area contributed by atoms with Gasteiger partial charge in [0.1, 0.15) is 5.82 Å². The molecule has 4 N–H and O–H groups in total. The van der Waals surface area contributed by atoms with E-state index in [2.05, 4.69) is 15.6 Å². The van der Waals surface area contributed by atoms with Gasteiger partial charge in [0, 0.05) is 24.1 Å². The predicted molar refractivity (Wildman–Crippen MR) is 74.2 cm³/mol. The zero-order valence-corrected chi connectivity index (χ0v) is 10.3. The quantitative estimate of drug-likeness (QED) is 0.780. The van der Waals surface area contributed by atoms with Gasteiger partial charge in [0.25, 0.3) is 0 Å². The highest BCUT2D eigenvalue weighted by Gasteiger charge is 2.17. The average Bonchev–Trinajstić information content (AvgIpc) is 2.78. The van der Waals surface area contributed by atoms with E-state index in [0.717, 1.165) is 28.3 Å². The van der Waals surface area contributed by atoms with Crippen LogP contribution < -0.4 is 16.4 Å². The van der Waals surface area contributed by atoms with E-state index in [0.29, 0.717) is 13.0 Å². The fraction of sp³-hybridized carbons (Fsp3) is 0.143. The molecule has 1 amide bonds. The van der Waals surface area contributed by atoms with Crippen LogP contribution >= 0.6 is 0 Å². The van der Waals surface area contributed by atoms with Gasteiger partial charge in [-0.15, -0.1) is 0 Å². The molecule has 3 rings (SSSR count). The minimum absolute atomic E-state index is 0.0374. The van der Waals surface area contributed by atoms with Crippen molar-refractivity contribution in [2.24, 2.45) is 5.73 Å². The van der Waals surface area contributed by atoms with E-state index in [4.69, 9.17) is 5.73 Å². The number of nitrogens with zero attached hydrogens (tertiary/aromatic N) is 1. The van der Waals surface area contributed by atoms with Crippen molar-refractivity contribution in [3.8, 4) is 0 Å². The van der Waals surface area contributed by atoms with Crippen molar-refractivity contribution in [2.45, 2.75) is 13.0 Å². The molecule has 1 aliphatic heterocycles. The largest absolute Gasteiger partial charge is 0.340 e. The highest BCUT2D eigenvalue weighted by atomic mass is 16.1. The molecule has 1 aromatic heterocycles. The predicted octanol–water partition coefficient (Wildman–Crippen LogP) is 1.78. The molecule has 96 valence electrons. The first-order chi connectivity index (χ1) is 9.24. The number of nitrogens with one attached hydrogen (secondary N) is 2. The highest BCUT2D eigenvalue weighted by Crippen LogP contribution is 2.27. The van der Waals surface area contributed by atoms with Gasteiger partial charge in [-0.25, -0.2) is 4.98 Å². The van der Waals surface area contributed by atoms with Gasteiger partial charge in [-0.3, -0.25) is 4.79 Å². The van der Waals surface area contributed by atoms with Crippen LogP contribution in [0.4, 0.5) is 17.2 Å². The van der Waals surface area contributed by atoms with Crippen LogP contribution in [0.25, 0.3) is 0 Å². The van der Waals surface area contributed by atoms with Crippen molar-refractivity contribution in [1.82, 2.24) is 4.98 Å². The number of fused-ring (bicyclic) bond motifs is 1. The summed E-state index contributed by atoms with van der Waals surface area (Å²) in [6.07, 6.45) is 2.16. The van der Waals surface area contributed by atoms with Gasteiger partial charge >= 0.3 is 0 Å². The van der Waals surface area contributed by atoms with Gasteiger partial charge < -0.3 is 16.4 Å². The molecule has 0 bridgehead atoms. The van der Waals surface area contributed by atoms with Gasteiger partial charge in [-0.05, 0) is 41.5 Å². The lowest BCUT2D eigenvalue weighted by Gasteiger charge is -2.08. The smallest absolute Gasteiger partial charge is 0.228 e. The third kappa shape index (κ3) is 2.41. The number of nitrogens with two attached hydrogens (primary N) is 1. The number of benzene rings is 1. The van der Waals surface area contributed by atoms with Crippen LogP contribution in [0.3, 0.4) is 0 Å². The lowest BCUT2D eigenvalue weighted by Crippen LogP contribution is -2.03. The van der Waals surface area contributed by atoms with Gasteiger partial charge in [0.05, 0.1) is 6.42 Å². The SMILES string of the molecule is NCc1ccnc(Nc2ccc3c(c2)CC(=O)N3)c1. The summed E-state index contributed by atoms with van der Waals surface area (Å²) in [5.41, 5.74) is 9.43. The van der Waals surface area contributed by atoms with Crippen LogP contribution in [0.1, 0.15) is 11.1 Å². The third-order valence-corrected chi connectivity index (χ3v) is 3.06. The van der Waals surface area contributed by atoms with Crippen molar-refractivity contribution in [3.63, 3.8) is 0 Å². The first-order valence-corrected chi connectivity index (χ1v) is 6.09. The maximum Gasteiger partial charge on any atom is 0.228 e. The number of carbonyl (C=O) groups is 1. The Kier molecular flexibility index (Phi) is 2.89. The lowest BCUT2D eigenvalue weighted by molar-refractivity contribution is -0.115. The summed E-state index contributed by atoms with van der Waals surface area (Å²) in [7, 11) is 0. The molecule has 5 nitrogen and oxygen atoms in total. The Balaban J connectivity index is 1.84.